The Hall–Kier alpha value is -3.26. The molecule has 5 nitrogen and oxygen atoms in total. The fourth-order valence-corrected chi connectivity index (χ4v) is 3.52. The van der Waals surface area contributed by atoms with Crippen LogP contribution in [0.5, 0.6) is 0 Å². The minimum atomic E-state index is -0.601. The highest BCUT2D eigenvalue weighted by atomic mass is 16.5. The predicted octanol–water partition coefficient (Wildman–Crippen LogP) is 4.07. The third-order valence-electron chi connectivity index (χ3n) is 4.85. The molecular formula is C21H18N2O3. The lowest BCUT2D eigenvalue weighted by atomic mass is 9.80. The zero-order valence-corrected chi connectivity index (χ0v) is 14.4. The predicted molar refractivity (Wildman–Crippen MR) is 95.4 cm³/mol. The van der Waals surface area contributed by atoms with Crippen LogP contribution < -0.4 is 5.73 Å². The first-order valence-electron chi connectivity index (χ1n) is 8.59. The van der Waals surface area contributed by atoms with Gasteiger partial charge in [0.25, 0.3) is 0 Å². The van der Waals surface area contributed by atoms with Gasteiger partial charge in [-0.2, -0.15) is 5.26 Å². The largest absolute Gasteiger partial charge is 0.460 e. The van der Waals surface area contributed by atoms with E-state index in [1.54, 1.807) is 0 Å². The topological polar surface area (TPSA) is 89.3 Å². The van der Waals surface area contributed by atoms with E-state index in [9.17, 15) is 10.1 Å². The second-order valence-corrected chi connectivity index (χ2v) is 6.61. The van der Waals surface area contributed by atoms with Crippen molar-refractivity contribution < 1.29 is 13.9 Å². The van der Waals surface area contributed by atoms with E-state index in [0.29, 0.717) is 35.7 Å². The average molecular weight is 346 g/mol. The first-order valence-corrected chi connectivity index (χ1v) is 8.59. The molecule has 26 heavy (non-hydrogen) atoms. The van der Waals surface area contributed by atoms with Crippen molar-refractivity contribution in [1.82, 2.24) is 0 Å². The summed E-state index contributed by atoms with van der Waals surface area (Å²) in [6, 6.07) is 13.7. The fourth-order valence-electron chi connectivity index (χ4n) is 3.52. The smallest absolute Gasteiger partial charge is 0.205 e. The van der Waals surface area contributed by atoms with Crippen LogP contribution in [0.3, 0.4) is 0 Å². The summed E-state index contributed by atoms with van der Waals surface area (Å²) in [5.74, 6) is 1.23. The number of nitriles is 1. The van der Waals surface area contributed by atoms with Crippen LogP contribution in [0.25, 0.3) is 11.3 Å². The lowest BCUT2D eigenvalue weighted by Gasteiger charge is -2.29. The van der Waals surface area contributed by atoms with Crippen molar-refractivity contribution in [2.24, 2.45) is 5.73 Å². The van der Waals surface area contributed by atoms with Crippen LogP contribution in [0.15, 0.2) is 63.6 Å². The molecule has 1 aromatic carbocycles. The molecule has 2 heterocycles. The van der Waals surface area contributed by atoms with Crippen molar-refractivity contribution in [3.8, 4) is 17.4 Å². The highest BCUT2D eigenvalue weighted by molar-refractivity contribution is 5.99. The second kappa shape index (κ2) is 6.23. The van der Waals surface area contributed by atoms with Gasteiger partial charge in [-0.15, -0.1) is 0 Å². The number of nitrogens with zero attached hydrogens (tertiary/aromatic N) is 1. The Bertz CT molecular complexity index is 987. The third kappa shape index (κ3) is 2.60. The number of benzene rings is 1. The highest BCUT2D eigenvalue weighted by Crippen LogP contribution is 2.44. The molecule has 1 aromatic heterocycles. The number of furan rings is 1. The maximum atomic E-state index is 12.5. The molecule has 1 aliphatic carbocycles. The van der Waals surface area contributed by atoms with Gasteiger partial charge in [-0.25, -0.2) is 0 Å². The van der Waals surface area contributed by atoms with E-state index < -0.39 is 5.92 Å². The van der Waals surface area contributed by atoms with E-state index in [4.69, 9.17) is 14.9 Å². The van der Waals surface area contributed by atoms with Crippen molar-refractivity contribution in [3.63, 3.8) is 0 Å². The fraction of sp³-hybridized carbons (Fsp3) is 0.238. The van der Waals surface area contributed by atoms with Gasteiger partial charge in [-0.05, 0) is 25.5 Å². The van der Waals surface area contributed by atoms with E-state index in [2.05, 4.69) is 6.07 Å². The van der Waals surface area contributed by atoms with Gasteiger partial charge in [0.15, 0.2) is 5.78 Å². The Labute approximate surface area is 151 Å². The molecule has 1 atom stereocenters. The van der Waals surface area contributed by atoms with Gasteiger partial charge in [0, 0.05) is 24.0 Å². The molecule has 0 saturated heterocycles. The standard InChI is InChI=1S/C21H18N2O3/c1-12-5-7-13(8-6-12)16-9-10-18(25-16)19-14(11-22)21(23)26-17-4-2-3-15(24)20(17)19/h5-10,19H,2-4,23H2,1H3. The molecule has 5 heteroatoms. The summed E-state index contributed by atoms with van der Waals surface area (Å²) in [4.78, 5) is 12.5. The number of Topliss-reactive ketones (excluding diaryl/α,β-unsaturated/α-hetero) is 1. The van der Waals surface area contributed by atoms with E-state index in [1.165, 1.54) is 0 Å². The van der Waals surface area contributed by atoms with Gasteiger partial charge < -0.3 is 14.9 Å². The molecule has 2 aromatic rings. The van der Waals surface area contributed by atoms with Crippen molar-refractivity contribution in [2.75, 3.05) is 0 Å². The van der Waals surface area contributed by atoms with Crippen LogP contribution in [-0.4, -0.2) is 5.78 Å². The van der Waals surface area contributed by atoms with E-state index in [-0.39, 0.29) is 17.2 Å². The summed E-state index contributed by atoms with van der Waals surface area (Å²) in [6.45, 7) is 2.02. The summed E-state index contributed by atoms with van der Waals surface area (Å²) in [6.07, 6.45) is 1.82. The number of carbonyl (C=O) groups excluding carboxylic acids is 1. The van der Waals surface area contributed by atoms with E-state index in [0.717, 1.165) is 17.5 Å². The maximum absolute atomic E-state index is 12.5. The van der Waals surface area contributed by atoms with Crippen molar-refractivity contribution >= 4 is 5.78 Å². The number of nitrogens with two attached hydrogens (primary N) is 1. The zero-order chi connectivity index (χ0) is 18.3. The van der Waals surface area contributed by atoms with E-state index in [1.807, 2.05) is 43.3 Å². The molecule has 2 aliphatic rings. The molecule has 0 fully saturated rings. The van der Waals surface area contributed by atoms with Crippen LogP contribution in [0, 0.1) is 18.3 Å². The molecule has 0 bridgehead atoms. The number of aryl methyl sites for hydroxylation is 1. The van der Waals surface area contributed by atoms with Gasteiger partial charge in [-0.1, -0.05) is 29.8 Å². The summed E-state index contributed by atoms with van der Waals surface area (Å²) in [7, 11) is 0. The van der Waals surface area contributed by atoms with Crippen LogP contribution in [-0.2, 0) is 9.53 Å². The maximum Gasteiger partial charge on any atom is 0.205 e. The summed E-state index contributed by atoms with van der Waals surface area (Å²) in [5, 5.41) is 9.58. The van der Waals surface area contributed by atoms with Crippen LogP contribution in [0.2, 0.25) is 0 Å². The van der Waals surface area contributed by atoms with Crippen LogP contribution in [0.4, 0.5) is 0 Å². The molecule has 0 saturated carbocycles. The van der Waals surface area contributed by atoms with Gasteiger partial charge in [-0.3, -0.25) is 4.79 Å². The number of ketones is 1. The number of hydrogen-bond donors (Lipinski definition) is 1. The average Bonchev–Trinajstić information content (AvgIpc) is 3.11. The van der Waals surface area contributed by atoms with Gasteiger partial charge in [0.1, 0.15) is 28.9 Å². The Kier molecular flexibility index (Phi) is 3.89. The highest BCUT2D eigenvalue weighted by Gasteiger charge is 2.39. The molecule has 1 unspecified atom stereocenters. The monoisotopic (exact) mass is 346 g/mol. The van der Waals surface area contributed by atoms with Crippen molar-refractivity contribution in [2.45, 2.75) is 32.1 Å². The Balaban J connectivity index is 1.80. The molecule has 1 aliphatic heterocycles. The molecule has 2 N–H and O–H groups in total. The quantitative estimate of drug-likeness (QED) is 0.885. The minimum Gasteiger partial charge on any atom is -0.460 e. The Morgan fingerprint density at radius 1 is 1.15 bits per heavy atom. The SMILES string of the molecule is Cc1ccc(-c2ccc(C3C(C#N)=C(N)OC4=C3C(=O)CCC4)o2)cc1. The molecule has 130 valence electrons. The summed E-state index contributed by atoms with van der Waals surface area (Å²) in [5.41, 5.74) is 8.78. The van der Waals surface area contributed by atoms with Crippen LogP contribution in [0.1, 0.15) is 36.5 Å². The zero-order valence-electron chi connectivity index (χ0n) is 14.4. The van der Waals surface area contributed by atoms with Crippen molar-refractivity contribution in [1.29, 1.82) is 5.26 Å². The van der Waals surface area contributed by atoms with Crippen LogP contribution >= 0.6 is 0 Å². The number of allylic oxidation sites excluding steroid dienone is 3. The Morgan fingerprint density at radius 2 is 1.92 bits per heavy atom. The molecule has 0 amide bonds. The number of carbonyl (C=O) groups is 1. The minimum absolute atomic E-state index is 0.00946. The number of ether oxygens (including phenoxy) is 1. The summed E-state index contributed by atoms with van der Waals surface area (Å²) < 4.78 is 11.6. The molecule has 4 rings (SSSR count). The first-order chi connectivity index (χ1) is 12.6. The lowest BCUT2D eigenvalue weighted by Crippen LogP contribution is -2.27. The van der Waals surface area contributed by atoms with Gasteiger partial charge in [0.05, 0.1) is 5.92 Å². The van der Waals surface area contributed by atoms with Gasteiger partial charge >= 0.3 is 0 Å². The molecule has 0 spiro atoms. The number of rotatable bonds is 2. The molecular weight excluding hydrogens is 328 g/mol. The Morgan fingerprint density at radius 3 is 2.65 bits per heavy atom. The second-order valence-electron chi connectivity index (χ2n) is 6.61. The van der Waals surface area contributed by atoms with Gasteiger partial charge in [0.2, 0.25) is 5.88 Å². The third-order valence-corrected chi connectivity index (χ3v) is 4.85. The van der Waals surface area contributed by atoms with E-state index >= 15 is 0 Å². The number of hydrogen-bond acceptors (Lipinski definition) is 5. The summed E-state index contributed by atoms with van der Waals surface area (Å²) >= 11 is 0. The molecule has 0 radical (unpaired) electrons. The normalized spacial score (nSPS) is 19.8. The first kappa shape index (κ1) is 16.2. The van der Waals surface area contributed by atoms with Crippen molar-refractivity contribution in [3.05, 3.63) is 70.5 Å². The lowest BCUT2D eigenvalue weighted by molar-refractivity contribution is -0.116.